The van der Waals surface area contributed by atoms with Crippen molar-refractivity contribution in [1.82, 2.24) is 31.9 Å². The summed E-state index contributed by atoms with van der Waals surface area (Å²) in [6.07, 6.45) is 0.746. The number of nitrogens with one attached hydrogen (secondary N) is 6. The van der Waals surface area contributed by atoms with Crippen LogP contribution in [0.3, 0.4) is 0 Å². The lowest BCUT2D eigenvalue weighted by molar-refractivity contribution is -0.142. The van der Waals surface area contributed by atoms with Crippen LogP contribution in [0.25, 0.3) is 0 Å². The molecular formula is C29H55N9O10. The SMILES string of the molecule is CC(C)[C@H](NC(=O)[C@H](C)N)C(=O)N[C@@H](CO)C(=O)N[C@H](C(=O)NCC(=O)N[C@@H](CCCCN)C(=O)N[C@@H](CCCCN)C(=O)O)[C@@H](C)O. The number of carboxylic acid groups (broad SMARTS) is 1. The summed E-state index contributed by atoms with van der Waals surface area (Å²) in [6, 6.07) is -7.59. The van der Waals surface area contributed by atoms with Crippen molar-refractivity contribution in [3.63, 3.8) is 0 Å². The van der Waals surface area contributed by atoms with E-state index >= 15 is 0 Å². The Bertz CT molecular complexity index is 1070. The summed E-state index contributed by atoms with van der Waals surface area (Å²) in [4.78, 5) is 87.9. The second kappa shape index (κ2) is 23.4. The van der Waals surface area contributed by atoms with Crippen LogP contribution in [-0.2, 0) is 33.6 Å². The molecular weight excluding hydrogens is 634 g/mol. The number of aliphatic hydroxyl groups excluding tert-OH is 2. The molecule has 0 aliphatic heterocycles. The normalized spacial score (nSPS) is 15.5. The number of aliphatic carboxylic acids is 1. The molecule has 0 aromatic rings. The highest BCUT2D eigenvalue weighted by molar-refractivity contribution is 5.96. The maximum atomic E-state index is 12.9. The molecule has 0 unspecified atom stereocenters. The molecule has 0 aromatic carbocycles. The molecule has 19 nitrogen and oxygen atoms in total. The Morgan fingerprint density at radius 3 is 1.58 bits per heavy atom. The van der Waals surface area contributed by atoms with E-state index in [9.17, 15) is 48.9 Å². The molecule has 0 fully saturated rings. The summed E-state index contributed by atoms with van der Waals surface area (Å²) >= 11 is 0. The Morgan fingerprint density at radius 2 is 1.12 bits per heavy atom. The fourth-order valence-corrected chi connectivity index (χ4v) is 4.24. The predicted octanol–water partition coefficient (Wildman–Crippen LogP) is -4.75. The molecule has 48 heavy (non-hydrogen) atoms. The van der Waals surface area contributed by atoms with Crippen molar-refractivity contribution in [2.75, 3.05) is 26.2 Å². The Kier molecular flexibility index (Phi) is 21.5. The van der Waals surface area contributed by atoms with E-state index in [0.29, 0.717) is 38.8 Å². The molecule has 0 heterocycles. The van der Waals surface area contributed by atoms with E-state index in [4.69, 9.17) is 17.2 Å². The Labute approximate surface area is 280 Å². The quantitative estimate of drug-likeness (QED) is 0.0424. The summed E-state index contributed by atoms with van der Waals surface area (Å²) < 4.78 is 0. The number of hydrogen-bond acceptors (Lipinski definition) is 12. The monoisotopic (exact) mass is 689 g/mol. The smallest absolute Gasteiger partial charge is 0.326 e. The zero-order chi connectivity index (χ0) is 37.0. The summed E-state index contributed by atoms with van der Waals surface area (Å²) in [5, 5.41) is 43.5. The molecule has 0 saturated carbocycles. The van der Waals surface area contributed by atoms with Gasteiger partial charge in [-0.25, -0.2) is 4.79 Å². The van der Waals surface area contributed by atoms with Crippen molar-refractivity contribution in [3.8, 4) is 0 Å². The van der Waals surface area contributed by atoms with E-state index < -0.39 is 103 Å². The summed E-state index contributed by atoms with van der Waals surface area (Å²) in [7, 11) is 0. The van der Waals surface area contributed by atoms with Gasteiger partial charge in [-0.3, -0.25) is 28.8 Å². The van der Waals surface area contributed by atoms with Crippen LogP contribution in [0.1, 0.15) is 66.2 Å². The van der Waals surface area contributed by atoms with Crippen LogP contribution in [-0.4, -0.2) is 125 Å². The number of unbranched alkanes of at least 4 members (excludes halogenated alkanes) is 2. The molecule has 0 aliphatic carbocycles. The van der Waals surface area contributed by atoms with Crippen LogP contribution >= 0.6 is 0 Å². The molecule has 0 bridgehead atoms. The zero-order valence-electron chi connectivity index (χ0n) is 28.1. The lowest BCUT2D eigenvalue weighted by Crippen LogP contribution is -2.61. The van der Waals surface area contributed by atoms with Crippen LogP contribution in [0.4, 0.5) is 0 Å². The highest BCUT2D eigenvalue weighted by atomic mass is 16.4. The first-order chi connectivity index (χ1) is 22.5. The minimum absolute atomic E-state index is 0.130. The number of amides is 6. The summed E-state index contributed by atoms with van der Waals surface area (Å²) in [6.45, 7) is 4.96. The van der Waals surface area contributed by atoms with Crippen molar-refractivity contribution in [1.29, 1.82) is 0 Å². The molecule has 276 valence electrons. The fraction of sp³-hybridized carbons (Fsp3) is 0.759. The number of carbonyl (C=O) groups is 7. The first-order valence-corrected chi connectivity index (χ1v) is 16.0. The van der Waals surface area contributed by atoms with Crippen molar-refractivity contribution in [2.24, 2.45) is 23.1 Å². The molecule has 6 amide bonds. The van der Waals surface area contributed by atoms with Gasteiger partial charge in [-0.1, -0.05) is 13.8 Å². The van der Waals surface area contributed by atoms with Gasteiger partial charge in [0.25, 0.3) is 0 Å². The number of hydrogen-bond donors (Lipinski definition) is 12. The molecule has 0 radical (unpaired) electrons. The third kappa shape index (κ3) is 16.8. The van der Waals surface area contributed by atoms with Gasteiger partial charge in [-0.15, -0.1) is 0 Å². The third-order valence-electron chi connectivity index (χ3n) is 7.12. The van der Waals surface area contributed by atoms with Crippen LogP contribution in [0.2, 0.25) is 0 Å². The molecule has 0 aliphatic rings. The molecule has 0 spiro atoms. The van der Waals surface area contributed by atoms with Gasteiger partial charge in [0.15, 0.2) is 0 Å². The van der Waals surface area contributed by atoms with Crippen molar-refractivity contribution < 1.29 is 48.9 Å². The highest BCUT2D eigenvalue weighted by Crippen LogP contribution is 2.06. The summed E-state index contributed by atoms with van der Waals surface area (Å²) in [5.74, 6) is -6.72. The second-order valence-corrected chi connectivity index (χ2v) is 11.8. The average Bonchev–Trinajstić information content (AvgIpc) is 3.01. The Balaban J connectivity index is 5.46. The number of rotatable bonds is 24. The van der Waals surface area contributed by atoms with Gasteiger partial charge in [0.05, 0.1) is 25.3 Å². The minimum Gasteiger partial charge on any atom is -0.480 e. The molecule has 15 N–H and O–H groups in total. The highest BCUT2D eigenvalue weighted by Gasteiger charge is 2.33. The van der Waals surface area contributed by atoms with E-state index in [2.05, 4.69) is 31.9 Å². The standard InChI is InChI=1S/C29H55N9O10/c1-15(2)22(37-24(42)16(3)32)28(46)36-20(14-39)26(44)38-23(17(4)40)27(45)33-13-21(41)34-18(9-5-7-11-30)25(43)35-19(29(47)48)10-6-8-12-31/h15-20,22-23,39-40H,5-14,30-32H2,1-4H3,(H,33,45)(H,34,41)(H,35,43)(H,36,46)(H,37,42)(H,38,44)(H,47,48)/t16-,17+,18-,19-,20-,22-,23-/m0/s1. The largest absolute Gasteiger partial charge is 0.480 e. The van der Waals surface area contributed by atoms with Crippen molar-refractivity contribution in [3.05, 3.63) is 0 Å². The van der Waals surface area contributed by atoms with Crippen LogP contribution in [0.15, 0.2) is 0 Å². The van der Waals surface area contributed by atoms with Crippen LogP contribution in [0, 0.1) is 5.92 Å². The van der Waals surface area contributed by atoms with E-state index in [1.54, 1.807) is 13.8 Å². The average molecular weight is 690 g/mol. The number of nitrogens with two attached hydrogens (primary N) is 3. The number of carbonyl (C=O) groups excluding carboxylic acids is 6. The van der Waals surface area contributed by atoms with Gasteiger partial charge in [-0.05, 0) is 71.4 Å². The van der Waals surface area contributed by atoms with E-state index in [-0.39, 0.29) is 12.8 Å². The maximum Gasteiger partial charge on any atom is 0.326 e. The topological polar surface area (TPSA) is 330 Å². The van der Waals surface area contributed by atoms with Crippen molar-refractivity contribution >= 4 is 41.4 Å². The Morgan fingerprint density at radius 1 is 0.625 bits per heavy atom. The molecule has 0 saturated heterocycles. The van der Waals surface area contributed by atoms with E-state index in [0.717, 1.165) is 0 Å². The Hall–Kier alpha value is -3.91. The van der Waals surface area contributed by atoms with Crippen molar-refractivity contribution in [2.45, 2.75) is 109 Å². The molecule has 19 heteroatoms. The first-order valence-electron chi connectivity index (χ1n) is 16.0. The molecule has 7 atom stereocenters. The minimum atomic E-state index is -1.64. The van der Waals surface area contributed by atoms with Gasteiger partial charge in [-0.2, -0.15) is 0 Å². The van der Waals surface area contributed by atoms with E-state index in [1.165, 1.54) is 13.8 Å². The van der Waals surface area contributed by atoms with Crippen LogP contribution in [0.5, 0.6) is 0 Å². The summed E-state index contributed by atoms with van der Waals surface area (Å²) in [5.41, 5.74) is 16.5. The van der Waals surface area contributed by atoms with Gasteiger partial charge < -0.3 is 64.4 Å². The van der Waals surface area contributed by atoms with Gasteiger partial charge in [0.2, 0.25) is 35.4 Å². The predicted molar refractivity (Wildman–Crippen MR) is 173 cm³/mol. The third-order valence-corrected chi connectivity index (χ3v) is 7.12. The van der Waals surface area contributed by atoms with Gasteiger partial charge in [0.1, 0.15) is 30.2 Å². The zero-order valence-corrected chi connectivity index (χ0v) is 28.1. The lowest BCUT2D eigenvalue weighted by Gasteiger charge is -2.27. The molecule has 0 rings (SSSR count). The molecule has 0 aromatic heterocycles. The maximum absolute atomic E-state index is 12.9. The van der Waals surface area contributed by atoms with E-state index in [1.807, 2.05) is 0 Å². The number of carboxylic acids is 1. The fourth-order valence-electron chi connectivity index (χ4n) is 4.24. The lowest BCUT2D eigenvalue weighted by atomic mass is 10.0. The van der Waals surface area contributed by atoms with Gasteiger partial charge in [0, 0.05) is 0 Å². The second-order valence-electron chi connectivity index (χ2n) is 11.8. The first kappa shape index (κ1) is 44.1. The van der Waals surface area contributed by atoms with Crippen LogP contribution < -0.4 is 49.1 Å². The van der Waals surface area contributed by atoms with Gasteiger partial charge >= 0.3 is 5.97 Å². The number of aliphatic hydroxyl groups is 2.